The molecule has 10 rings (SSSR count). The molecule has 6 aromatic rings. The van der Waals surface area contributed by atoms with Crippen molar-refractivity contribution < 1.29 is 40.2 Å². The summed E-state index contributed by atoms with van der Waals surface area (Å²) < 4.78 is 94.9. The number of piperazine rings is 1. The topological polar surface area (TPSA) is 136 Å². The number of nitrogens with zero attached hydrogens (tertiary/aromatic N) is 8. The molecule has 60 heavy (non-hydrogen) atoms. The zero-order valence-corrected chi connectivity index (χ0v) is 35.1. The molecule has 4 aliphatic heterocycles. The van der Waals surface area contributed by atoms with E-state index in [9.17, 15) is 30.8 Å². The highest BCUT2D eigenvalue weighted by molar-refractivity contribution is 7.90. The molecule has 0 radical (unpaired) electrons. The number of amides is 1. The van der Waals surface area contributed by atoms with Crippen LogP contribution in [0.2, 0.25) is 5.02 Å². The van der Waals surface area contributed by atoms with E-state index in [1.54, 1.807) is 24.4 Å². The number of carbonyl (C=O) groups is 1. The number of ether oxygens (including phenoxy) is 2. The number of aromatic nitrogens is 5. The fourth-order valence-corrected chi connectivity index (χ4v) is 12.0. The van der Waals surface area contributed by atoms with Gasteiger partial charge in [0.1, 0.15) is 29.0 Å². The third-order valence-corrected chi connectivity index (χ3v) is 15.0. The molecule has 4 aromatic heterocycles. The highest BCUT2D eigenvalue weighted by Crippen LogP contribution is 2.48. The van der Waals surface area contributed by atoms with Crippen LogP contribution in [0.3, 0.4) is 0 Å². The van der Waals surface area contributed by atoms with E-state index >= 15 is 0 Å². The molecule has 0 unspecified atom stereocenters. The van der Waals surface area contributed by atoms with Gasteiger partial charge in [0, 0.05) is 59.0 Å². The number of pyridine rings is 1. The molecule has 20 heteroatoms. The van der Waals surface area contributed by atoms with Crippen LogP contribution in [0.25, 0.3) is 53.2 Å². The quantitative estimate of drug-likeness (QED) is 0.150. The lowest BCUT2D eigenvalue weighted by atomic mass is 9.95. The number of anilines is 1. The standard InChI is InChI=1S/C40H39ClF4N8O5S2/c1-38(2,3)58-37(54)52-23-8-9-24(52)19-50(18-23)34-31-25-10-12-46-32(33(25)59-35(31)49-36(48-34)57-20-39-11-5-13-51(39)17-22(42)15-39)30-26-16-47-53(60(55,56)40(43,44)45)28(26)14-21-6-4-7-27(41)29(21)30/h4,6-7,10,12,14,16,22-24H,5,8-9,11,13,15,17-20H2,1-3H3/t22-,23-,24+,39+/m1/s1. The van der Waals surface area contributed by atoms with Crippen LogP contribution < -0.4 is 9.64 Å². The number of hydrogen-bond donors (Lipinski definition) is 0. The van der Waals surface area contributed by atoms with Gasteiger partial charge < -0.3 is 14.4 Å². The third kappa shape index (κ3) is 6.23. The summed E-state index contributed by atoms with van der Waals surface area (Å²) in [6.07, 6.45) is 4.97. The molecule has 0 N–H and O–H groups in total. The normalized spacial score (nSPS) is 23.8. The molecular weight excluding hydrogens is 848 g/mol. The van der Waals surface area contributed by atoms with Gasteiger partial charge >= 0.3 is 27.6 Å². The lowest BCUT2D eigenvalue weighted by Crippen LogP contribution is -2.57. The van der Waals surface area contributed by atoms with E-state index in [2.05, 4.69) is 14.9 Å². The van der Waals surface area contributed by atoms with Crippen LogP contribution in [-0.4, -0.2) is 116 Å². The summed E-state index contributed by atoms with van der Waals surface area (Å²) in [5, 5.41) is 6.30. The summed E-state index contributed by atoms with van der Waals surface area (Å²) in [7, 11) is -5.91. The van der Waals surface area contributed by atoms with E-state index in [0.29, 0.717) is 74.2 Å². The first-order valence-electron chi connectivity index (χ1n) is 19.7. The van der Waals surface area contributed by atoms with Gasteiger partial charge in [-0.05, 0) is 76.6 Å². The molecule has 8 heterocycles. The van der Waals surface area contributed by atoms with Crippen molar-refractivity contribution in [3.8, 4) is 17.3 Å². The second kappa shape index (κ2) is 13.7. The Kier molecular flexibility index (Phi) is 9.03. The van der Waals surface area contributed by atoms with Crippen LogP contribution in [0.5, 0.6) is 6.01 Å². The van der Waals surface area contributed by atoms with Crippen LogP contribution in [0.15, 0.2) is 42.7 Å². The predicted octanol–water partition coefficient (Wildman–Crippen LogP) is 8.30. The SMILES string of the molecule is CC(C)(C)OC(=O)N1[C@@H]2CC[C@H]1CN(c1nc(OC[C@@]34CCCN3C[C@H](F)C4)nc3sc4c(-c5c6cnn(S(=O)(=O)C(F)(F)F)c6cc6cccc(Cl)c56)nccc4c13)C2. The van der Waals surface area contributed by atoms with Crippen LogP contribution in [0.1, 0.15) is 52.9 Å². The number of thiophene rings is 1. The maximum atomic E-state index is 14.7. The molecule has 4 atom stereocenters. The van der Waals surface area contributed by atoms with Crippen LogP contribution >= 0.6 is 22.9 Å². The minimum Gasteiger partial charge on any atom is -0.461 e. The number of hydrogen-bond acceptors (Lipinski definition) is 12. The number of rotatable bonds is 6. The van der Waals surface area contributed by atoms with Crippen molar-refractivity contribution in [3.05, 3.63) is 47.7 Å². The first kappa shape index (κ1) is 39.5. The first-order valence-corrected chi connectivity index (χ1v) is 22.3. The fraction of sp³-hybridized carbons (Fsp3) is 0.475. The molecule has 1 amide bonds. The lowest BCUT2D eigenvalue weighted by Gasteiger charge is -2.42. The molecule has 4 aliphatic rings. The van der Waals surface area contributed by atoms with Crippen LogP contribution in [0, 0.1) is 0 Å². The van der Waals surface area contributed by atoms with Crippen LogP contribution in [-0.2, 0) is 14.8 Å². The number of benzene rings is 2. The molecular formula is C40H39ClF4N8O5S2. The molecule has 0 spiro atoms. The van der Waals surface area contributed by atoms with Gasteiger partial charge in [-0.15, -0.1) is 15.4 Å². The van der Waals surface area contributed by atoms with Gasteiger partial charge in [-0.2, -0.15) is 36.7 Å². The average molecular weight is 887 g/mol. The van der Waals surface area contributed by atoms with Gasteiger partial charge in [0.25, 0.3) is 0 Å². The van der Waals surface area contributed by atoms with E-state index in [1.165, 1.54) is 17.4 Å². The Bertz CT molecular complexity index is 2850. The van der Waals surface area contributed by atoms with E-state index < -0.39 is 32.8 Å². The zero-order valence-electron chi connectivity index (χ0n) is 32.7. The van der Waals surface area contributed by atoms with Crippen molar-refractivity contribution in [1.82, 2.24) is 33.9 Å². The maximum Gasteiger partial charge on any atom is 0.518 e. The second-order valence-electron chi connectivity index (χ2n) is 17.2. The Morgan fingerprint density at radius 1 is 1.05 bits per heavy atom. The van der Waals surface area contributed by atoms with Gasteiger partial charge in [-0.25, -0.2) is 9.18 Å². The number of halogens is 5. The monoisotopic (exact) mass is 886 g/mol. The predicted molar refractivity (Wildman–Crippen MR) is 220 cm³/mol. The third-order valence-electron chi connectivity index (χ3n) is 12.2. The van der Waals surface area contributed by atoms with Crippen molar-refractivity contribution >= 4 is 86.9 Å². The van der Waals surface area contributed by atoms with Crippen molar-refractivity contribution in [2.45, 2.75) is 87.8 Å². The minimum absolute atomic E-state index is 0.00387. The highest BCUT2D eigenvalue weighted by atomic mass is 35.5. The Morgan fingerprint density at radius 3 is 2.55 bits per heavy atom. The summed E-state index contributed by atoms with van der Waals surface area (Å²) >= 11 is 8.11. The van der Waals surface area contributed by atoms with Gasteiger partial charge in [0.05, 0.1) is 45.1 Å². The van der Waals surface area contributed by atoms with Crippen LogP contribution in [0.4, 0.5) is 28.2 Å². The van der Waals surface area contributed by atoms with Crippen molar-refractivity contribution in [2.75, 3.05) is 37.7 Å². The maximum absolute atomic E-state index is 14.7. The smallest absolute Gasteiger partial charge is 0.461 e. The van der Waals surface area contributed by atoms with E-state index in [1.807, 2.05) is 31.7 Å². The highest BCUT2D eigenvalue weighted by Gasteiger charge is 2.51. The van der Waals surface area contributed by atoms with E-state index in [0.717, 1.165) is 38.4 Å². The van der Waals surface area contributed by atoms with Gasteiger partial charge in [-0.1, -0.05) is 23.7 Å². The summed E-state index contributed by atoms with van der Waals surface area (Å²) in [5.74, 6) is 0.569. The Hall–Kier alpha value is -4.59. The largest absolute Gasteiger partial charge is 0.518 e. The summed E-state index contributed by atoms with van der Waals surface area (Å²) in [5.41, 5.74) is -6.42. The Morgan fingerprint density at radius 2 is 1.82 bits per heavy atom. The fourth-order valence-electron chi connectivity index (χ4n) is 9.78. The van der Waals surface area contributed by atoms with E-state index in [4.69, 9.17) is 36.0 Å². The second-order valence-corrected chi connectivity index (χ2v) is 20.3. The molecule has 2 bridgehead atoms. The van der Waals surface area contributed by atoms with Gasteiger partial charge in [0.2, 0.25) is 0 Å². The zero-order chi connectivity index (χ0) is 42.1. The minimum atomic E-state index is -5.91. The molecule has 4 saturated heterocycles. The van der Waals surface area contributed by atoms with Crippen molar-refractivity contribution in [2.24, 2.45) is 0 Å². The molecule has 0 saturated carbocycles. The first-order chi connectivity index (χ1) is 28.4. The summed E-state index contributed by atoms with van der Waals surface area (Å²) in [6, 6.07) is 7.82. The average Bonchev–Trinajstić information content (AvgIpc) is 3.98. The molecule has 4 fully saturated rings. The molecule has 0 aliphatic carbocycles. The number of fused-ring (bicyclic) bond motifs is 8. The van der Waals surface area contributed by atoms with E-state index in [-0.39, 0.29) is 50.8 Å². The van der Waals surface area contributed by atoms with Crippen molar-refractivity contribution in [3.63, 3.8) is 0 Å². The molecule has 316 valence electrons. The molecule has 2 aromatic carbocycles. The van der Waals surface area contributed by atoms with Crippen molar-refractivity contribution in [1.29, 1.82) is 0 Å². The Balaban J connectivity index is 1.15. The van der Waals surface area contributed by atoms with Gasteiger partial charge in [0.15, 0.2) is 0 Å². The lowest BCUT2D eigenvalue weighted by molar-refractivity contribution is -0.0448. The Labute approximate surface area is 350 Å². The summed E-state index contributed by atoms with van der Waals surface area (Å²) in [6.45, 7) is 7.76. The number of carbonyl (C=O) groups excluding carboxylic acids is 1. The summed E-state index contributed by atoms with van der Waals surface area (Å²) in [4.78, 5) is 34.8. The number of alkyl halides is 4. The molecule has 13 nitrogen and oxygen atoms in total. The van der Waals surface area contributed by atoms with Gasteiger partial charge in [-0.3, -0.25) is 14.8 Å².